The highest BCUT2D eigenvalue weighted by molar-refractivity contribution is 7.91. The van der Waals surface area contributed by atoms with Crippen molar-refractivity contribution in [3.63, 3.8) is 0 Å². The topological polar surface area (TPSA) is 57.9 Å². The van der Waals surface area contributed by atoms with Crippen molar-refractivity contribution >= 4 is 33.0 Å². The number of benzene rings is 1. The van der Waals surface area contributed by atoms with Crippen molar-refractivity contribution < 1.29 is 8.42 Å². The van der Waals surface area contributed by atoms with Gasteiger partial charge in [0.25, 0.3) is 0 Å². The van der Waals surface area contributed by atoms with Crippen LogP contribution in [0.25, 0.3) is 0 Å². The Kier molecular flexibility index (Phi) is 4.66. The lowest BCUT2D eigenvalue weighted by molar-refractivity contribution is 0.473. The number of halogens is 2. The first kappa shape index (κ1) is 15.3. The summed E-state index contributed by atoms with van der Waals surface area (Å²) in [4.78, 5) is -0.0536. The van der Waals surface area contributed by atoms with Crippen LogP contribution in [-0.4, -0.2) is 14.2 Å². The monoisotopic (exact) mass is 305 g/mol. The van der Waals surface area contributed by atoms with Crippen molar-refractivity contribution in [2.24, 2.45) is 5.41 Å². The van der Waals surface area contributed by atoms with Gasteiger partial charge in [-0.25, -0.2) is 8.42 Å². The van der Waals surface area contributed by atoms with E-state index in [1.54, 1.807) is 19.9 Å². The standard InChI is InChI=1S/C12H13Cl2NO2S/c1-12(2,8-15)6-7-18(16,17)11-9(13)4-3-5-10(11)14/h3-5H,6-7H2,1-2H3. The Morgan fingerprint density at radius 1 is 1.28 bits per heavy atom. The molecule has 0 amide bonds. The second-order valence-corrected chi connectivity index (χ2v) is 7.48. The van der Waals surface area contributed by atoms with Crippen molar-refractivity contribution in [1.29, 1.82) is 5.26 Å². The zero-order valence-corrected chi connectivity index (χ0v) is 12.4. The molecule has 6 heteroatoms. The number of nitriles is 1. The SMILES string of the molecule is CC(C)(C#N)CCS(=O)(=O)c1c(Cl)cccc1Cl. The molecule has 3 nitrogen and oxygen atoms in total. The molecule has 0 fully saturated rings. The second-order valence-electron chi connectivity index (χ2n) is 4.62. The molecule has 0 saturated carbocycles. The fourth-order valence-corrected chi connectivity index (χ4v) is 4.14. The van der Waals surface area contributed by atoms with Crippen LogP contribution in [0.1, 0.15) is 20.3 Å². The summed E-state index contributed by atoms with van der Waals surface area (Å²) in [5, 5.41) is 9.09. The third kappa shape index (κ3) is 3.61. The molecule has 1 aromatic rings. The summed E-state index contributed by atoms with van der Waals surface area (Å²) in [6.07, 6.45) is 0.230. The Hall–Kier alpha value is -0.760. The number of hydrogen-bond acceptors (Lipinski definition) is 3. The van der Waals surface area contributed by atoms with Gasteiger partial charge in [-0.2, -0.15) is 5.26 Å². The van der Waals surface area contributed by atoms with Crippen LogP contribution in [0.2, 0.25) is 10.0 Å². The summed E-state index contributed by atoms with van der Waals surface area (Å²) >= 11 is 11.7. The molecule has 0 saturated heterocycles. The highest BCUT2D eigenvalue weighted by Crippen LogP contribution is 2.31. The summed E-state index contributed by atoms with van der Waals surface area (Å²) in [5.41, 5.74) is -0.694. The van der Waals surface area contributed by atoms with E-state index in [0.717, 1.165) is 0 Å². The van der Waals surface area contributed by atoms with E-state index in [1.165, 1.54) is 12.1 Å². The van der Waals surface area contributed by atoms with Gasteiger partial charge in [0.05, 0.1) is 27.3 Å². The van der Waals surface area contributed by atoms with E-state index in [2.05, 4.69) is 6.07 Å². The van der Waals surface area contributed by atoms with Gasteiger partial charge in [-0.3, -0.25) is 0 Å². The first-order chi connectivity index (χ1) is 8.19. The molecule has 0 spiro atoms. The molecule has 18 heavy (non-hydrogen) atoms. The third-order valence-corrected chi connectivity index (χ3v) is 5.19. The van der Waals surface area contributed by atoms with Crippen LogP contribution in [-0.2, 0) is 9.84 Å². The molecule has 0 atom stereocenters. The van der Waals surface area contributed by atoms with Crippen molar-refractivity contribution in [2.75, 3.05) is 5.75 Å². The van der Waals surface area contributed by atoms with Crippen molar-refractivity contribution in [3.8, 4) is 6.07 Å². The van der Waals surface area contributed by atoms with Gasteiger partial charge >= 0.3 is 0 Å². The zero-order valence-electron chi connectivity index (χ0n) is 10.1. The Balaban J connectivity index is 3.06. The average Bonchev–Trinajstić information content (AvgIpc) is 2.26. The van der Waals surface area contributed by atoms with Crippen molar-refractivity contribution in [2.45, 2.75) is 25.2 Å². The lowest BCUT2D eigenvalue weighted by Gasteiger charge is -2.15. The predicted molar refractivity (Wildman–Crippen MR) is 72.5 cm³/mol. The van der Waals surface area contributed by atoms with Gasteiger partial charge in [0.15, 0.2) is 9.84 Å². The van der Waals surface area contributed by atoms with Crippen molar-refractivity contribution in [3.05, 3.63) is 28.2 Å². The minimum absolute atomic E-state index is 0.0536. The summed E-state index contributed by atoms with van der Waals surface area (Å²) < 4.78 is 24.3. The minimum Gasteiger partial charge on any atom is -0.224 e. The van der Waals surface area contributed by atoms with Gasteiger partial charge in [0.1, 0.15) is 4.90 Å². The van der Waals surface area contributed by atoms with E-state index in [-0.39, 0.29) is 27.1 Å². The molecule has 0 aromatic heterocycles. The quantitative estimate of drug-likeness (QED) is 0.852. The normalized spacial score (nSPS) is 12.2. The Morgan fingerprint density at radius 3 is 2.22 bits per heavy atom. The van der Waals surface area contributed by atoms with Gasteiger partial charge in [0.2, 0.25) is 0 Å². The van der Waals surface area contributed by atoms with Crippen LogP contribution >= 0.6 is 23.2 Å². The zero-order chi connectivity index (χ0) is 14.0. The van der Waals surface area contributed by atoms with Crippen LogP contribution in [0.3, 0.4) is 0 Å². The third-order valence-electron chi connectivity index (χ3n) is 2.53. The average molecular weight is 306 g/mol. The van der Waals surface area contributed by atoms with Crippen LogP contribution in [0.4, 0.5) is 0 Å². The molecule has 1 aromatic carbocycles. The molecule has 1 rings (SSSR count). The van der Waals surface area contributed by atoms with Crippen LogP contribution < -0.4 is 0 Å². The van der Waals surface area contributed by atoms with Crippen LogP contribution in [0, 0.1) is 16.7 Å². The molecule has 0 aliphatic heterocycles. The number of sulfone groups is 1. The molecule has 98 valence electrons. The number of nitrogens with zero attached hydrogens (tertiary/aromatic N) is 1. The first-order valence-electron chi connectivity index (χ1n) is 5.28. The largest absolute Gasteiger partial charge is 0.224 e. The summed E-state index contributed by atoms with van der Waals surface area (Å²) in [7, 11) is -3.58. The van der Waals surface area contributed by atoms with Gasteiger partial charge in [0, 0.05) is 0 Å². The smallest absolute Gasteiger partial charge is 0.181 e. The summed E-state index contributed by atoms with van der Waals surface area (Å²) in [6.45, 7) is 3.38. The molecule has 0 aliphatic carbocycles. The molecule has 0 unspecified atom stereocenters. The van der Waals surface area contributed by atoms with E-state index >= 15 is 0 Å². The van der Waals surface area contributed by atoms with E-state index in [0.29, 0.717) is 0 Å². The fraction of sp³-hybridized carbons (Fsp3) is 0.417. The molecular formula is C12H13Cl2NO2S. The Bertz CT molecular complexity index is 568. The summed E-state index contributed by atoms with van der Waals surface area (Å²) in [6, 6.07) is 6.61. The highest BCUT2D eigenvalue weighted by atomic mass is 35.5. The lowest BCUT2D eigenvalue weighted by Crippen LogP contribution is -2.16. The first-order valence-corrected chi connectivity index (χ1v) is 7.68. The van der Waals surface area contributed by atoms with E-state index < -0.39 is 15.3 Å². The van der Waals surface area contributed by atoms with Crippen LogP contribution in [0.15, 0.2) is 23.1 Å². The minimum atomic E-state index is -3.58. The van der Waals surface area contributed by atoms with E-state index in [9.17, 15) is 8.42 Å². The maximum atomic E-state index is 12.2. The number of hydrogen-bond donors (Lipinski definition) is 0. The van der Waals surface area contributed by atoms with Gasteiger partial charge in [-0.05, 0) is 32.4 Å². The van der Waals surface area contributed by atoms with Gasteiger partial charge in [-0.15, -0.1) is 0 Å². The molecule has 0 radical (unpaired) electrons. The Labute approximate surface area is 117 Å². The van der Waals surface area contributed by atoms with E-state index in [1.807, 2.05) is 0 Å². The van der Waals surface area contributed by atoms with Gasteiger partial charge in [-0.1, -0.05) is 29.3 Å². The maximum Gasteiger partial charge on any atom is 0.181 e. The summed E-state index contributed by atoms with van der Waals surface area (Å²) in [5.74, 6) is -0.156. The fourth-order valence-electron chi connectivity index (χ4n) is 1.33. The lowest BCUT2D eigenvalue weighted by atomic mass is 9.93. The second kappa shape index (κ2) is 5.48. The Morgan fingerprint density at radius 2 is 1.78 bits per heavy atom. The highest BCUT2D eigenvalue weighted by Gasteiger charge is 2.26. The van der Waals surface area contributed by atoms with Gasteiger partial charge < -0.3 is 0 Å². The molecule has 0 heterocycles. The van der Waals surface area contributed by atoms with E-state index in [4.69, 9.17) is 28.5 Å². The maximum absolute atomic E-state index is 12.2. The molecule has 0 N–H and O–H groups in total. The number of rotatable bonds is 4. The predicted octanol–water partition coefficient (Wildman–Crippen LogP) is 3.71. The molecule has 0 bridgehead atoms. The van der Waals surface area contributed by atoms with Crippen molar-refractivity contribution in [1.82, 2.24) is 0 Å². The van der Waals surface area contributed by atoms with Crippen LogP contribution in [0.5, 0.6) is 0 Å². The molecule has 0 aliphatic rings. The molecular weight excluding hydrogens is 293 g/mol.